The van der Waals surface area contributed by atoms with E-state index in [1.54, 1.807) is 6.49 Å². The third-order valence-corrected chi connectivity index (χ3v) is 18.0. The molecule has 0 amide bonds. The van der Waals surface area contributed by atoms with Gasteiger partial charge < -0.3 is 24.8 Å². The molecule has 2 aliphatic carbocycles. The fourth-order valence-corrected chi connectivity index (χ4v) is 15.9. The van der Waals surface area contributed by atoms with Crippen molar-refractivity contribution in [1.29, 1.82) is 0 Å². The van der Waals surface area contributed by atoms with Crippen molar-refractivity contribution in [2.24, 2.45) is 0 Å². The molecule has 0 heterocycles. The van der Waals surface area contributed by atoms with Gasteiger partial charge in [0, 0.05) is 0 Å². The van der Waals surface area contributed by atoms with Gasteiger partial charge in [-0.3, -0.25) is 0 Å². The zero-order valence-corrected chi connectivity index (χ0v) is 33.3. The Hall–Kier alpha value is -1.35. The Balaban J connectivity index is 0.00000221. The van der Waals surface area contributed by atoms with Crippen molar-refractivity contribution in [3.05, 3.63) is 149 Å². The Morgan fingerprint density at radius 3 is 1.43 bits per heavy atom. The maximum Gasteiger partial charge on any atom is -1.00 e. The summed E-state index contributed by atoms with van der Waals surface area (Å²) in [6, 6.07) is 32.9. The first-order valence-electron chi connectivity index (χ1n) is 14.8. The van der Waals surface area contributed by atoms with Crippen LogP contribution in [0.25, 0.3) is 11.1 Å². The molecular weight excluding hydrogens is 790 g/mol. The molecule has 6 rings (SSSR count). The van der Waals surface area contributed by atoms with E-state index in [1.165, 1.54) is 44.5 Å². The van der Waals surface area contributed by atoms with Crippen molar-refractivity contribution in [3.8, 4) is 11.1 Å². The van der Waals surface area contributed by atoms with Gasteiger partial charge in [-0.15, -0.1) is 0 Å². The van der Waals surface area contributed by atoms with E-state index >= 15 is 0 Å². The smallest absolute Gasteiger partial charge is 1.00 e. The van der Waals surface area contributed by atoms with Crippen LogP contribution >= 0.6 is 31.9 Å². The van der Waals surface area contributed by atoms with Crippen LogP contribution in [0.3, 0.4) is 0 Å². The minimum absolute atomic E-state index is 0. The van der Waals surface area contributed by atoms with E-state index in [2.05, 4.69) is 177 Å². The number of allylic oxidation sites excluding steroid dienone is 4. The molecule has 0 saturated heterocycles. The molecule has 0 radical (unpaired) electrons. The van der Waals surface area contributed by atoms with Crippen molar-refractivity contribution in [3.63, 3.8) is 0 Å². The molecule has 0 N–H and O–H groups in total. The molecule has 0 nitrogen and oxygen atoms in total. The maximum absolute atomic E-state index is 3.70. The van der Waals surface area contributed by atoms with Gasteiger partial charge in [-0.2, -0.15) is 0 Å². The van der Waals surface area contributed by atoms with Crippen molar-refractivity contribution in [2.75, 3.05) is 0 Å². The first-order valence-corrected chi connectivity index (χ1v) is 20.3. The summed E-state index contributed by atoms with van der Waals surface area (Å²) >= 11 is 4.68. The summed E-state index contributed by atoms with van der Waals surface area (Å²) in [6.45, 7) is 14.0. The van der Waals surface area contributed by atoms with Crippen LogP contribution in [-0.2, 0) is 32.1 Å². The predicted octanol–water partition coefficient (Wildman–Crippen LogP) is 5.62. The van der Waals surface area contributed by atoms with Gasteiger partial charge in [0.2, 0.25) is 0 Å². The van der Waals surface area contributed by atoms with Gasteiger partial charge in [0.1, 0.15) is 0 Å². The minimum atomic E-state index is -2.73. The Morgan fingerprint density at radius 2 is 1.07 bits per heavy atom. The fourth-order valence-electron chi connectivity index (χ4n) is 6.35. The number of halogens is 4. The van der Waals surface area contributed by atoms with E-state index in [-0.39, 0.29) is 35.6 Å². The van der Waals surface area contributed by atoms with Gasteiger partial charge in [0.15, 0.2) is 0 Å². The monoisotopic (exact) mass is 824 g/mol. The summed E-state index contributed by atoms with van der Waals surface area (Å²) in [6.07, 6.45) is 8.19. The van der Waals surface area contributed by atoms with Crippen LogP contribution < -0.4 is 24.8 Å². The Kier molecular flexibility index (Phi) is 11.1. The van der Waals surface area contributed by atoms with Gasteiger partial charge in [-0.1, -0.05) is 0 Å². The van der Waals surface area contributed by atoms with Gasteiger partial charge >= 0.3 is 279 Å². The van der Waals surface area contributed by atoms with Crippen LogP contribution in [0, 0.1) is 0 Å². The zero-order valence-electron chi connectivity index (χ0n) is 26.1. The van der Waals surface area contributed by atoms with Gasteiger partial charge in [0.05, 0.1) is 0 Å². The molecule has 44 heavy (non-hydrogen) atoms. The number of rotatable bonds is 4. The molecule has 0 aliphatic heterocycles. The number of hydrogen-bond acceptors (Lipinski definition) is 0. The first-order chi connectivity index (χ1) is 19.9. The van der Waals surface area contributed by atoms with Crippen molar-refractivity contribution < 1.29 is 46.1 Å². The second kappa shape index (κ2) is 13.8. The molecule has 4 aromatic carbocycles. The maximum atomic E-state index is 3.70. The number of fused-ring (bicyclic) bond motifs is 3. The van der Waals surface area contributed by atoms with Crippen LogP contribution in [0.2, 0.25) is 0 Å². The quantitative estimate of drug-likeness (QED) is 0.251. The molecule has 226 valence electrons. The van der Waals surface area contributed by atoms with Crippen molar-refractivity contribution in [1.82, 2.24) is 0 Å². The Morgan fingerprint density at radius 1 is 0.636 bits per heavy atom. The van der Waals surface area contributed by atoms with E-state index in [0.717, 1.165) is 15.4 Å². The van der Waals surface area contributed by atoms with Gasteiger partial charge in [-0.05, 0) is 0 Å². The molecule has 0 atom stereocenters. The van der Waals surface area contributed by atoms with Crippen LogP contribution in [-0.4, -0.2) is 3.21 Å². The van der Waals surface area contributed by atoms with Crippen LogP contribution in [0.4, 0.5) is 0 Å². The molecule has 0 spiro atoms. The SMILES string of the molecule is CC(C)(C)c1ccc2c(c1)[CH]([Zr+2]([C]1=CC=CC1)=[C](c1ccc(Br)cc1)c1ccc(Br)cc1)c1cc(C(C)(C)C)ccc1-2.[Cl-].[Cl-]. The summed E-state index contributed by atoms with van der Waals surface area (Å²) in [5, 5.41) is 0. The van der Waals surface area contributed by atoms with Gasteiger partial charge in [0.25, 0.3) is 0 Å². The molecule has 0 saturated carbocycles. The summed E-state index contributed by atoms with van der Waals surface area (Å²) in [5.41, 5.74) is 11.7. The molecule has 4 aromatic rings. The number of benzene rings is 4. The second-order valence-electron chi connectivity index (χ2n) is 13.7. The molecule has 5 heteroatoms. The zero-order chi connectivity index (χ0) is 29.8. The third-order valence-electron chi connectivity index (χ3n) is 8.69. The molecule has 0 bridgehead atoms. The Bertz CT molecular complexity index is 1660. The van der Waals surface area contributed by atoms with E-state index in [4.69, 9.17) is 0 Å². The number of hydrogen-bond donors (Lipinski definition) is 0. The minimum Gasteiger partial charge on any atom is -1.00 e. The average molecular weight is 829 g/mol. The molecule has 0 aromatic heterocycles. The molecular formula is C39H38Br2Cl2Zr. The molecule has 0 fully saturated rings. The molecule has 2 aliphatic rings. The first kappa shape index (κ1) is 35.5. The average Bonchev–Trinajstić information content (AvgIpc) is 3.58. The molecule has 0 unspecified atom stereocenters. The summed E-state index contributed by atoms with van der Waals surface area (Å²) in [7, 11) is 0. The normalized spacial score (nSPS) is 13.7. The van der Waals surface area contributed by atoms with Gasteiger partial charge in [-0.25, -0.2) is 0 Å². The summed E-state index contributed by atoms with van der Waals surface area (Å²) in [5.74, 6) is 0. The van der Waals surface area contributed by atoms with Crippen LogP contribution in [0.5, 0.6) is 0 Å². The van der Waals surface area contributed by atoms with Crippen LogP contribution in [0.1, 0.15) is 85.0 Å². The van der Waals surface area contributed by atoms with Crippen molar-refractivity contribution >= 4 is 35.1 Å². The van der Waals surface area contributed by atoms with Crippen molar-refractivity contribution in [2.45, 2.75) is 62.4 Å². The second-order valence-corrected chi connectivity index (χ2v) is 21.8. The Labute approximate surface area is 300 Å². The van der Waals surface area contributed by atoms with E-state index in [9.17, 15) is 0 Å². The van der Waals surface area contributed by atoms with E-state index < -0.39 is 21.3 Å². The predicted molar refractivity (Wildman–Crippen MR) is 184 cm³/mol. The van der Waals surface area contributed by atoms with E-state index in [1.807, 2.05) is 0 Å². The largest absolute Gasteiger partial charge is 1.00 e. The fraction of sp³-hybridized carbons (Fsp3) is 0.256. The third kappa shape index (κ3) is 6.99. The van der Waals surface area contributed by atoms with Crippen LogP contribution in [0.15, 0.2) is 115 Å². The summed E-state index contributed by atoms with van der Waals surface area (Å²) in [4.78, 5) is 0. The topological polar surface area (TPSA) is 0 Å². The van der Waals surface area contributed by atoms with E-state index in [0.29, 0.717) is 3.63 Å². The summed E-state index contributed by atoms with van der Waals surface area (Å²) < 4.78 is 5.89. The standard InChI is InChI=1S/C21H25.C13H8Br2.C5H5.2ClH.Zr/c1-20(2,3)16-7-9-18-14(12-16)11-15-13-17(21(4,5)6)8-10-19(15)18;14-12-5-1-10(2-6-12)9-11-3-7-13(15)8-4-11;1-2-4-5-3-1;;;/h7-13H,1-6H3;1-8H;1-3H,4H2;2*1H;/q;;;;;+2/p-2.